The number of quaternary nitrogens is 1. The van der Waals surface area contributed by atoms with E-state index in [-0.39, 0.29) is 30.3 Å². The summed E-state index contributed by atoms with van der Waals surface area (Å²) in [6.07, 6.45) is -2.38. The highest BCUT2D eigenvalue weighted by atomic mass is 31.2. The van der Waals surface area contributed by atoms with Gasteiger partial charge in [-0.25, -0.2) is 4.79 Å². The number of hydrogen-bond acceptors (Lipinski definition) is 13. The first-order valence-corrected chi connectivity index (χ1v) is 23.2. The lowest BCUT2D eigenvalue weighted by Crippen LogP contribution is -3.11. The molecule has 17 nitrogen and oxygen atoms in total. The monoisotopic (exact) mass is 935 g/mol. The average Bonchev–Trinajstić information content (AvgIpc) is 3.74. The summed E-state index contributed by atoms with van der Waals surface area (Å²) in [6.45, 7) is 10.2. The van der Waals surface area contributed by atoms with E-state index in [1.807, 2.05) is 54.6 Å². The number of rotatable bonds is 19. The number of carbonyl (C=O) groups excluding carboxylic acids is 1. The summed E-state index contributed by atoms with van der Waals surface area (Å²) in [5, 5.41) is 13.8. The van der Waals surface area contributed by atoms with Gasteiger partial charge in [-0.15, -0.1) is 0 Å². The molecule has 0 spiro atoms. The number of amides is 1. The Morgan fingerprint density at radius 2 is 1.33 bits per heavy atom. The summed E-state index contributed by atoms with van der Waals surface area (Å²) in [4.78, 5) is 56.0. The van der Waals surface area contributed by atoms with E-state index in [4.69, 9.17) is 28.0 Å². The fourth-order valence-electron chi connectivity index (χ4n) is 7.59. The molecule has 18 heteroatoms. The summed E-state index contributed by atoms with van der Waals surface area (Å²) in [5.74, 6) is 0.503. The molecule has 1 unspecified atom stereocenters. The number of non-ortho nitro benzene ring substituents is 1. The van der Waals surface area contributed by atoms with Gasteiger partial charge in [-0.1, -0.05) is 72.8 Å². The Morgan fingerprint density at radius 3 is 1.82 bits per heavy atom. The van der Waals surface area contributed by atoms with Crippen LogP contribution in [0.1, 0.15) is 60.5 Å². The van der Waals surface area contributed by atoms with Gasteiger partial charge in [0.2, 0.25) is 0 Å². The zero-order valence-electron chi connectivity index (χ0n) is 37.8. The van der Waals surface area contributed by atoms with Crippen LogP contribution >= 0.6 is 7.82 Å². The minimum Gasteiger partial charge on any atom is -0.746 e. The predicted octanol–water partition coefficient (Wildman–Crippen LogP) is 6.58. The van der Waals surface area contributed by atoms with Gasteiger partial charge in [0.1, 0.15) is 41.0 Å². The number of aromatic nitrogens is 2. The van der Waals surface area contributed by atoms with E-state index in [1.54, 1.807) is 73.7 Å². The number of nitro groups is 1. The van der Waals surface area contributed by atoms with Gasteiger partial charge in [-0.2, -0.15) is 4.98 Å². The highest BCUT2D eigenvalue weighted by Gasteiger charge is 2.44. The second kappa shape index (κ2) is 23.1. The Labute approximate surface area is 388 Å². The van der Waals surface area contributed by atoms with Crippen LogP contribution in [0.15, 0.2) is 151 Å². The van der Waals surface area contributed by atoms with Gasteiger partial charge in [0, 0.05) is 30.3 Å². The number of phosphoric ester groups is 1. The molecule has 4 atom stereocenters. The zero-order valence-corrected chi connectivity index (χ0v) is 38.7. The van der Waals surface area contributed by atoms with Crippen LogP contribution in [-0.4, -0.2) is 73.1 Å². The van der Waals surface area contributed by atoms with E-state index < -0.39 is 48.4 Å². The molecule has 0 bridgehead atoms. The topological polar surface area (TPSA) is 207 Å². The SMILES string of the molecule is CC[NH+](CC)CC.COc1ccc(C(OC[C@H]2O[C@@H](n3ccc(NC(=O)c4ccccc4)nc3=O)C[C@@H]2OP(=O)([O-])Oc2ccc([N+](=O)[O-])cc2)(c2ccccc2)c2ccc(OC)cc2)cc1. The van der Waals surface area contributed by atoms with Crippen molar-refractivity contribution in [3.8, 4) is 17.2 Å². The van der Waals surface area contributed by atoms with Gasteiger partial charge in [0.15, 0.2) is 0 Å². The highest BCUT2D eigenvalue weighted by Crippen LogP contribution is 2.47. The molecule has 1 amide bonds. The minimum atomic E-state index is -5.21. The first kappa shape index (κ1) is 49.7. The fraction of sp³-hybridized carbons (Fsp3) is 0.286. The number of carbonyl (C=O) groups is 1. The van der Waals surface area contributed by atoms with Crippen molar-refractivity contribution >= 4 is 25.2 Å². The summed E-state index contributed by atoms with van der Waals surface area (Å²) < 4.78 is 49.8. The molecule has 0 aliphatic carbocycles. The summed E-state index contributed by atoms with van der Waals surface area (Å²) >= 11 is 0. The van der Waals surface area contributed by atoms with Crippen LogP contribution < -0.4 is 34.8 Å². The Balaban J connectivity index is 0.000000980. The molecule has 0 radical (unpaired) electrons. The number of nitrogens with zero attached hydrogens (tertiary/aromatic N) is 3. The number of nitrogens with one attached hydrogen (secondary N) is 2. The Hall–Kier alpha value is -6.72. The number of methoxy groups -OCH3 is 2. The minimum absolute atomic E-state index is 0.0111. The third kappa shape index (κ3) is 12.6. The standard InChI is InChI=1S/C43H39N4O12P.C6H15N/c1-54-34-19-13-31(14-20-34)43(30-11-7-4-8-12-30,32-15-21-35(55-2)22-16-32)56-28-38-37(59-60(52,53)58-36-23-17-33(18-24-36)47(50)51)27-40(57-38)46-26-25-39(45-42(46)49)44-41(48)29-9-5-3-6-10-29;1-4-7(5-2)6-3/h3-26,37-38,40H,27-28H2,1-2H3,(H,52,53)(H,44,45,48,49);4-6H2,1-3H3/t37-,38+,40+;/m0./s1. The lowest BCUT2D eigenvalue weighted by atomic mass is 9.80. The molecule has 352 valence electrons. The fourth-order valence-corrected chi connectivity index (χ4v) is 8.56. The number of benzene rings is 5. The first-order valence-electron chi connectivity index (χ1n) is 21.7. The predicted molar refractivity (Wildman–Crippen MR) is 248 cm³/mol. The van der Waals surface area contributed by atoms with Crippen LogP contribution in [0.3, 0.4) is 0 Å². The van der Waals surface area contributed by atoms with Crippen LogP contribution in [0.4, 0.5) is 11.5 Å². The number of hydrogen-bond donors (Lipinski definition) is 2. The number of nitro benzene ring substituents is 1. The molecule has 6 aromatic rings. The van der Waals surface area contributed by atoms with Crippen molar-refractivity contribution < 1.29 is 52.1 Å². The smallest absolute Gasteiger partial charge is 0.351 e. The molecule has 1 fully saturated rings. The highest BCUT2D eigenvalue weighted by molar-refractivity contribution is 7.46. The Kier molecular flexibility index (Phi) is 17.2. The Morgan fingerprint density at radius 1 is 0.806 bits per heavy atom. The van der Waals surface area contributed by atoms with Gasteiger partial charge in [-0.3, -0.25) is 24.0 Å². The molecular formula is C49H54N5O12P. The quantitative estimate of drug-likeness (QED) is 0.0381. The van der Waals surface area contributed by atoms with Gasteiger partial charge in [-0.05, 0) is 92.1 Å². The molecule has 1 aliphatic rings. The van der Waals surface area contributed by atoms with Gasteiger partial charge in [0.25, 0.3) is 11.6 Å². The maximum atomic E-state index is 13.5. The van der Waals surface area contributed by atoms with Crippen molar-refractivity contribution in [3.05, 3.63) is 189 Å². The van der Waals surface area contributed by atoms with Gasteiger partial charge in [0.05, 0.1) is 51.5 Å². The van der Waals surface area contributed by atoms with E-state index >= 15 is 0 Å². The number of anilines is 1. The molecular weight excluding hydrogens is 882 g/mol. The van der Waals surface area contributed by atoms with Crippen molar-refractivity contribution in [2.45, 2.75) is 51.2 Å². The van der Waals surface area contributed by atoms with E-state index in [2.05, 4.69) is 31.1 Å². The van der Waals surface area contributed by atoms with Gasteiger partial charge >= 0.3 is 13.5 Å². The molecule has 0 saturated carbocycles. The molecule has 2 N–H and O–H groups in total. The largest absolute Gasteiger partial charge is 0.746 e. The Bertz CT molecular complexity index is 2580. The van der Waals surface area contributed by atoms with Gasteiger partial charge < -0.3 is 43.1 Å². The normalized spacial score (nSPS) is 16.6. The summed E-state index contributed by atoms with van der Waals surface area (Å²) in [5.41, 5.74) is 0.0603. The van der Waals surface area contributed by atoms with E-state index in [1.165, 1.54) is 31.9 Å². The second-order valence-electron chi connectivity index (χ2n) is 15.2. The summed E-state index contributed by atoms with van der Waals surface area (Å²) in [7, 11) is -2.10. The molecule has 67 heavy (non-hydrogen) atoms. The third-order valence-electron chi connectivity index (χ3n) is 11.3. The second-order valence-corrected chi connectivity index (χ2v) is 16.5. The molecule has 2 heterocycles. The van der Waals surface area contributed by atoms with E-state index in [0.29, 0.717) is 28.2 Å². The maximum absolute atomic E-state index is 13.5. The first-order chi connectivity index (χ1) is 32.3. The van der Waals surface area contributed by atoms with E-state index in [0.717, 1.165) is 34.4 Å². The van der Waals surface area contributed by atoms with Crippen LogP contribution in [0.25, 0.3) is 0 Å². The van der Waals surface area contributed by atoms with E-state index in [9.17, 15) is 29.2 Å². The molecule has 5 aromatic carbocycles. The van der Waals surface area contributed by atoms with Crippen LogP contribution in [0.2, 0.25) is 0 Å². The summed E-state index contributed by atoms with van der Waals surface area (Å²) in [6, 6.07) is 38.2. The lowest BCUT2D eigenvalue weighted by Gasteiger charge is -2.37. The van der Waals surface area contributed by atoms with Crippen molar-refractivity contribution in [1.29, 1.82) is 0 Å². The number of phosphoric acid groups is 1. The average molecular weight is 936 g/mol. The molecule has 1 aliphatic heterocycles. The van der Waals surface area contributed by atoms with Crippen LogP contribution in [0.5, 0.6) is 17.2 Å². The van der Waals surface area contributed by atoms with Crippen molar-refractivity contribution in [1.82, 2.24) is 9.55 Å². The van der Waals surface area contributed by atoms with Crippen molar-refractivity contribution in [2.75, 3.05) is 45.8 Å². The molecule has 7 rings (SSSR count). The zero-order chi connectivity index (χ0) is 48.0. The number of ether oxygens (including phenoxy) is 4. The molecule has 1 saturated heterocycles. The van der Waals surface area contributed by atoms with Crippen molar-refractivity contribution in [3.63, 3.8) is 0 Å². The van der Waals surface area contributed by atoms with Crippen LogP contribution in [-0.2, 0) is 24.2 Å². The maximum Gasteiger partial charge on any atom is 0.351 e. The van der Waals surface area contributed by atoms with Crippen molar-refractivity contribution in [2.24, 2.45) is 0 Å². The van der Waals surface area contributed by atoms with Crippen LogP contribution in [0, 0.1) is 10.1 Å². The molecule has 1 aromatic heterocycles. The third-order valence-corrected chi connectivity index (χ3v) is 12.2. The lowest BCUT2D eigenvalue weighted by molar-refractivity contribution is -0.894.